The van der Waals surface area contributed by atoms with Gasteiger partial charge in [0.2, 0.25) is 5.91 Å². The lowest BCUT2D eigenvalue weighted by atomic mass is 10.2. The van der Waals surface area contributed by atoms with Crippen LogP contribution in [-0.2, 0) is 11.3 Å². The number of carbonyl (C=O) groups excluding carboxylic acids is 2. The molecular formula is C15H18N2O3S. The number of aryl methyl sites for hydroxylation is 2. The predicted molar refractivity (Wildman–Crippen MR) is 81.3 cm³/mol. The van der Waals surface area contributed by atoms with E-state index in [-0.39, 0.29) is 11.8 Å². The molecule has 1 atom stereocenters. The Morgan fingerprint density at radius 2 is 2.14 bits per heavy atom. The second kappa shape index (κ2) is 6.58. The monoisotopic (exact) mass is 306 g/mol. The molecule has 2 aromatic heterocycles. The summed E-state index contributed by atoms with van der Waals surface area (Å²) in [5.41, 5.74) is 0.628. The minimum atomic E-state index is -0.605. The number of hydrogen-bond donors (Lipinski definition) is 2. The van der Waals surface area contributed by atoms with Crippen LogP contribution in [0.3, 0.4) is 0 Å². The number of nitrogens with one attached hydrogen (secondary N) is 2. The van der Waals surface area contributed by atoms with E-state index in [0.29, 0.717) is 17.9 Å². The predicted octanol–water partition coefficient (Wildman–Crippen LogP) is 2.39. The number of amides is 2. The molecule has 0 radical (unpaired) electrons. The van der Waals surface area contributed by atoms with Crippen molar-refractivity contribution in [2.45, 2.75) is 33.4 Å². The molecule has 0 aliphatic rings. The van der Waals surface area contributed by atoms with Crippen LogP contribution in [-0.4, -0.2) is 17.9 Å². The van der Waals surface area contributed by atoms with Gasteiger partial charge in [0.1, 0.15) is 11.8 Å². The molecule has 2 amide bonds. The Labute approximate surface area is 127 Å². The molecule has 0 spiro atoms. The average molecular weight is 306 g/mol. The SMILES string of the molecule is Cc1cc(C(=O)N[C@@H](C)C(=O)NCc2ccco2)c(C)s1. The Morgan fingerprint density at radius 3 is 2.71 bits per heavy atom. The van der Waals surface area contributed by atoms with Gasteiger partial charge in [-0.15, -0.1) is 11.3 Å². The molecule has 2 heterocycles. The Morgan fingerprint density at radius 1 is 1.38 bits per heavy atom. The number of rotatable bonds is 5. The highest BCUT2D eigenvalue weighted by molar-refractivity contribution is 7.12. The zero-order valence-electron chi connectivity index (χ0n) is 12.2. The van der Waals surface area contributed by atoms with Gasteiger partial charge >= 0.3 is 0 Å². The van der Waals surface area contributed by atoms with Crippen molar-refractivity contribution in [3.05, 3.63) is 45.5 Å². The molecule has 0 bridgehead atoms. The van der Waals surface area contributed by atoms with Crippen LogP contribution in [0.2, 0.25) is 0 Å². The first kappa shape index (κ1) is 15.3. The lowest BCUT2D eigenvalue weighted by Crippen LogP contribution is -2.44. The molecular weight excluding hydrogens is 288 g/mol. The second-order valence-electron chi connectivity index (χ2n) is 4.82. The molecule has 21 heavy (non-hydrogen) atoms. The molecule has 0 saturated carbocycles. The molecule has 0 aliphatic heterocycles. The zero-order chi connectivity index (χ0) is 15.4. The fraction of sp³-hybridized carbons (Fsp3) is 0.333. The smallest absolute Gasteiger partial charge is 0.253 e. The van der Waals surface area contributed by atoms with E-state index < -0.39 is 6.04 Å². The lowest BCUT2D eigenvalue weighted by Gasteiger charge is -2.13. The first-order valence-corrected chi connectivity index (χ1v) is 7.47. The standard InChI is InChI=1S/C15H18N2O3S/c1-9-7-13(11(3)21-9)15(19)17-10(2)14(18)16-8-12-5-4-6-20-12/h4-7,10H,8H2,1-3H3,(H,16,18)(H,17,19)/t10-/m0/s1. The van der Waals surface area contributed by atoms with Crippen molar-refractivity contribution in [2.24, 2.45) is 0 Å². The summed E-state index contributed by atoms with van der Waals surface area (Å²) < 4.78 is 5.13. The van der Waals surface area contributed by atoms with Gasteiger partial charge in [0.25, 0.3) is 5.91 Å². The zero-order valence-corrected chi connectivity index (χ0v) is 13.0. The highest BCUT2D eigenvalue weighted by atomic mass is 32.1. The van der Waals surface area contributed by atoms with Crippen molar-refractivity contribution in [3.8, 4) is 0 Å². The topological polar surface area (TPSA) is 71.3 Å². The van der Waals surface area contributed by atoms with E-state index in [1.807, 2.05) is 19.9 Å². The summed E-state index contributed by atoms with van der Waals surface area (Å²) in [6.45, 7) is 5.81. The number of hydrogen-bond acceptors (Lipinski definition) is 4. The van der Waals surface area contributed by atoms with Crippen molar-refractivity contribution in [1.29, 1.82) is 0 Å². The number of carbonyl (C=O) groups is 2. The summed E-state index contributed by atoms with van der Waals surface area (Å²) in [6.07, 6.45) is 1.55. The van der Waals surface area contributed by atoms with Gasteiger partial charge in [0, 0.05) is 9.75 Å². The van der Waals surface area contributed by atoms with Crippen LogP contribution >= 0.6 is 11.3 Å². The third-order valence-electron chi connectivity index (χ3n) is 3.04. The maximum Gasteiger partial charge on any atom is 0.253 e. The normalized spacial score (nSPS) is 12.0. The molecule has 0 saturated heterocycles. The molecule has 2 aromatic rings. The van der Waals surface area contributed by atoms with E-state index in [9.17, 15) is 9.59 Å². The summed E-state index contributed by atoms with van der Waals surface area (Å²) in [4.78, 5) is 26.1. The van der Waals surface area contributed by atoms with Crippen LogP contribution in [0, 0.1) is 13.8 Å². The largest absolute Gasteiger partial charge is 0.467 e. The van der Waals surface area contributed by atoms with Crippen LogP contribution in [0.15, 0.2) is 28.9 Å². The summed E-state index contributed by atoms with van der Waals surface area (Å²) >= 11 is 1.57. The van der Waals surface area contributed by atoms with E-state index in [1.165, 1.54) is 0 Å². The average Bonchev–Trinajstić information content (AvgIpc) is 3.05. The van der Waals surface area contributed by atoms with Crippen LogP contribution in [0.1, 0.15) is 32.8 Å². The summed E-state index contributed by atoms with van der Waals surface area (Å²) in [5, 5.41) is 5.42. The van der Waals surface area contributed by atoms with Crippen molar-refractivity contribution >= 4 is 23.2 Å². The summed E-state index contributed by atoms with van der Waals surface area (Å²) in [6, 6.07) is 4.77. The lowest BCUT2D eigenvalue weighted by molar-refractivity contribution is -0.122. The van der Waals surface area contributed by atoms with Crippen LogP contribution < -0.4 is 10.6 Å². The van der Waals surface area contributed by atoms with Crippen molar-refractivity contribution < 1.29 is 14.0 Å². The molecule has 0 unspecified atom stereocenters. The van der Waals surface area contributed by atoms with Gasteiger partial charge in [-0.1, -0.05) is 0 Å². The molecule has 112 valence electrons. The Kier molecular flexibility index (Phi) is 4.80. The maximum absolute atomic E-state index is 12.1. The summed E-state index contributed by atoms with van der Waals surface area (Å²) in [7, 11) is 0. The van der Waals surface area contributed by atoms with Crippen molar-refractivity contribution in [1.82, 2.24) is 10.6 Å². The third kappa shape index (κ3) is 3.95. The first-order valence-electron chi connectivity index (χ1n) is 6.65. The number of furan rings is 1. The van der Waals surface area contributed by atoms with Crippen molar-refractivity contribution in [2.75, 3.05) is 0 Å². The molecule has 0 aliphatic carbocycles. The third-order valence-corrected chi connectivity index (χ3v) is 4.01. The molecule has 6 heteroatoms. The van der Waals surface area contributed by atoms with E-state index >= 15 is 0 Å². The van der Waals surface area contributed by atoms with E-state index in [0.717, 1.165) is 9.75 Å². The van der Waals surface area contributed by atoms with Crippen LogP contribution in [0.4, 0.5) is 0 Å². The number of thiophene rings is 1. The molecule has 2 N–H and O–H groups in total. The molecule has 0 aromatic carbocycles. The maximum atomic E-state index is 12.1. The minimum absolute atomic E-state index is 0.225. The Bertz CT molecular complexity index is 631. The quantitative estimate of drug-likeness (QED) is 0.891. The van der Waals surface area contributed by atoms with Gasteiger partial charge < -0.3 is 15.1 Å². The van der Waals surface area contributed by atoms with Crippen LogP contribution in [0.5, 0.6) is 0 Å². The van der Waals surface area contributed by atoms with Gasteiger partial charge in [-0.2, -0.15) is 0 Å². The molecule has 0 fully saturated rings. The first-order chi connectivity index (χ1) is 9.97. The van der Waals surface area contributed by atoms with Crippen LogP contribution in [0.25, 0.3) is 0 Å². The Balaban J connectivity index is 1.88. The van der Waals surface area contributed by atoms with Gasteiger partial charge in [-0.3, -0.25) is 9.59 Å². The molecule has 2 rings (SSSR count). The van der Waals surface area contributed by atoms with Gasteiger partial charge in [0.15, 0.2) is 0 Å². The Hall–Kier alpha value is -2.08. The fourth-order valence-electron chi connectivity index (χ4n) is 1.94. The summed E-state index contributed by atoms with van der Waals surface area (Å²) in [5.74, 6) is 0.202. The van der Waals surface area contributed by atoms with Crippen molar-refractivity contribution in [3.63, 3.8) is 0 Å². The van der Waals surface area contributed by atoms with Gasteiger partial charge in [-0.05, 0) is 39.0 Å². The van der Waals surface area contributed by atoms with E-state index in [1.54, 1.807) is 36.7 Å². The van der Waals surface area contributed by atoms with Gasteiger partial charge in [0.05, 0.1) is 18.4 Å². The van der Waals surface area contributed by atoms with Gasteiger partial charge in [-0.25, -0.2) is 0 Å². The highest BCUT2D eigenvalue weighted by Crippen LogP contribution is 2.20. The second-order valence-corrected chi connectivity index (χ2v) is 6.28. The molecule has 5 nitrogen and oxygen atoms in total. The van der Waals surface area contributed by atoms with E-state index in [4.69, 9.17) is 4.42 Å². The fourth-order valence-corrected chi connectivity index (χ4v) is 2.86. The minimum Gasteiger partial charge on any atom is -0.467 e. The van der Waals surface area contributed by atoms with E-state index in [2.05, 4.69) is 10.6 Å². The highest BCUT2D eigenvalue weighted by Gasteiger charge is 2.18.